The fraction of sp³-hybridized carbons (Fsp3) is 0.562. The van der Waals surface area contributed by atoms with Crippen LogP contribution in [0, 0.1) is 5.92 Å². The van der Waals surface area contributed by atoms with Crippen LogP contribution in [0.4, 0.5) is 0 Å². The Bertz CT molecular complexity index is 300. The number of hydrogen-bond acceptors (Lipinski definition) is 3. The topological polar surface area (TPSA) is 15.6 Å². The van der Waals surface area contributed by atoms with Gasteiger partial charge < -0.3 is 4.90 Å². The molecule has 0 aromatic heterocycles. The minimum atomic E-state index is 0.704. The van der Waals surface area contributed by atoms with E-state index < -0.39 is 0 Å². The highest BCUT2D eigenvalue weighted by Gasteiger charge is 2.15. The van der Waals surface area contributed by atoms with E-state index in [1.165, 1.54) is 31.7 Å². The van der Waals surface area contributed by atoms with Gasteiger partial charge in [0.1, 0.15) is 0 Å². The summed E-state index contributed by atoms with van der Waals surface area (Å²) in [4.78, 5) is 6.12. The first-order valence-corrected chi connectivity index (χ1v) is 8.06. The molecule has 0 bridgehead atoms. The van der Waals surface area contributed by atoms with Crippen LogP contribution in [-0.4, -0.2) is 37.5 Å². The van der Waals surface area contributed by atoms with Crippen molar-refractivity contribution in [3.63, 3.8) is 0 Å². The lowest BCUT2D eigenvalue weighted by molar-refractivity contribution is 0.232. The highest BCUT2D eigenvalue weighted by Crippen LogP contribution is 2.21. The van der Waals surface area contributed by atoms with Crippen molar-refractivity contribution >= 4 is 18.5 Å². The Kier molecular flexibility index (Phi) is 11.7. The molecule has 0 spiro atoms. The molecule has 0 radical (unpaired) electrons. The van der Waals surface area contributed by atoms with Gasteiger partial charge in [-0.25, -0.2) is 0 Å². The first-order valence-electron chi connectivity index (χ1n) is 7.01. The van der Waals surface area contributed by atoms with Crippen molar-refractivity contribution in [2.75, 3.05) is 25.9 Å². The molecule has 1 rings (SSSR count). The second-order valence-electron chi connectivity index (χ2n) is 4.42. The summed E-state index contributed by atoms with van der Waals surface area (Å²) in [5.74, 6) is 2.12. The zero-order valence-corrected chi connectivity index (χ0v) is 13.5. The first kappa shape index (κ1) is 18.2. The Morgan fingerprint density at radius 3 is 2.53 bits per heavy atom. The van der Waals surface area contributed by atoms with Gasteiger partial charge in [0, 0.05) is 5.75 Å². The summed E-state index contributed by atoms with van der Waals surface area (Å²) in [5, 5.41) is 2.14. The number of nitrogens with zero attached hydrogens (tertiary/aromatic N) is 2. The lowest BCUT2D eigenvalue weighted by Gasteiger charge is -2.28. The molecule has 1 fully saturated rings. The molecular weight excluding hydrogens is 252 g/mol. The molecule has 1 aliphatic heterocycles. The number of allylic oxidation sites excluding steroid dienone is 3. The van der Waals surface area contributed by atoms with E-state index in [4.69, 9.17) is 0 Å². The zero-order valence-electron chi connectivity index (χ0n) is 12.6. The smallest absolute Gasteiger partial charge is 0.0550 e. The summed E-state index contributed by atoms with van der Waals surface area (Å²) in [7, 11) is 2.20. The van der Waals surface area contributed by atoms with Crippen molar-refractivity contribution in [1.82, 2.24) is 4.90 Å². The van der Waals surface area contributed by atoms with E-state index in [1.54, 1.807) is 0 Å². The maximum absolute atomic E-state index is 3.71. The average Bonchev–Trinajstić information content (AvgIpc) is 2.46. The molecule has 0 unspecified atom stereocenters. The number of rotatable bonds is 6. The van der Waals surface area contributed by atoms with Crippen LogP contribution in [0.3, 0.4) is 0 Å². The summed E-state index contributed by atoms with van der Waals surface area (Å²) in [5.41, 5.74) is 0.704. The van der Waals surface area contributed by atoms with E-state index in [1.807, 2.05) is 43.8 Å². The average molecular weight is 280 g/mol. The van der Waals surface area contributed by atoms with Crippen LogP contribution >= 0.6 is 11.8 Å². The summed E-state index contributed by atoms with van der Waals surface area (Å²) >= 11 is 1.89. The zero-order chi connectivity index (χ0) is 14.5. The van der Waals surface area contributed by atoms with Gasteiger partial charge in [-0.05, 0) is 57.1 Å². The molecule has 19 heavy (non-hydrogen) atoms. The number of piperidine rings is 1. The molecule has 0 amide bonds. The Morgan fingerprint density at radius 2 is 1.95 bits per heavy atom. The molecule has 1 saturated heterocycles. The molecule has 1 aliphatic rings. The highest BCUT2D eigenvalue weighted by atomic mass is 32.2. The predicted molar refractivity (Wildman–Crippen MR) is 91.0 cm³/mol. The lowest BCUT2D eigenvalue weighted by atomic mass is 10.00. The van der Waals surface area contributed by atoms with Crippen molar-refractivity contribution < 1.29 is 0 Å². The molecule has 0 atom stereocenters. The molecule has 3 heteroatoms. The van der Waals surface area contributed by atoms with Gasteiger partial charge in [0.15, 0.2) is 0 Å². The molecule has 1 heterocycles. The van der Waals surface area contributed by atoms with Gasteiger partial charge in [0.2, 0.25) is 0 Å². The van der Waals surface area contributed by atoms with Crippen LogP contribution in [-0.2, 0) is 0 Å². The summed E-state index contributed by atoms with van der Waals surface area (Å²) in [6, 6.07) is 0. The van der Waals surface area contributed by atoms with Crippen molar-refractivity contribution in [1.29, 1.82) is 0 Å². The van der Waals surface area contributed by atoms with E-state index in [-0.39, 0.29) is 0 Å². The van der Waals surface area contributed by atoms with E-state index >= 15 is 0 Å². The fourth-order valence-corrected chi connectivity index (χ4v) is 2.66. The van der Waals surface area contributed by atoms with Crippen LogP contribution in [0.2, 0.25) is 0 Å². The maximum Gasteiger partial charge on any atom is 0.0550 e. The van der Waals surface area contributed by atoms with Crippen LogP contribution in [0.15, 0.2) is 40.9 Å². The van der Waals surface area contributed by atoms with E-state index in [2.05, 4.69) is 35.6 Å². The fourth-order valence-electron chi connectivity index (χ4n) is 1.74. The minimum Gasteiger partial charge on any atom is -0.306 e. The van der Waals surface area contributed by atoms with Crippen LogP contribution < -0.4 is 0 Å². The van der Waals surface area contributed by atoms with Gasteiger partial charge in [0.25, 0.3) is 0 Å². The SMILES string of the molecule is C=NC(=C)/C=C\C=C/SCC1CCN(C)CC1.CC. The quantitative estimate of drug-likeness (QED) is 0.530. The van der Waals surface area contributed by atoms with Gasteiger partial charge in [-0.3, -0.25) is 4.99 Å². The van der Waals surface area contributed by atoms with Crippen molar-refractivity contribution in [2.24, 2.45) is 10.9 Å². The van der Waals surface area contributed by atoms with Gasteiger partial charge in [-0.15, -0.1) is 11.8 Å². The molecule has 0 saturated carbocycles. The van der Waals surface area contributed by atoms with E-state index in [9.17, 15) is 0 Å². The first-order chi connectivity index (χ1) is 9.22. The monoisotopic (exact) mass is 280 g/mol. The second-order valence-corrected chi connectivity index (χ2v) is 5.36. The van der Waals surface area contributed by atoms with Crippen LogP contribution in [0.25, 0.3) is 0 Å². The maximum atomic E-state index is 3.71. The largest absolute Gasteiger partial charge is 0.306 e. The van der Waals surface area contributed by atoms with E-state index in [0.29, 0.717) is 5.70 Å². The Balaban J connectivity index is 0.00000154. The predicted octanol–water partition coefficient (Wildman–Crippen LogP) is 4.37. The number of thioether (sulfide) groups is 1. The van der Waals surface area contributed by atoms with Crippen molar-refractivity contribution in [3.05, 3.63) is 35.9 Å². The Hall–Kier alpha value is -0.800. The van der Waals surface area contributed by atoms with Gasteiger partial charge in [0.05, 0.1) is 5.70 Å². The van der Waals surface area contributed by atoms with Crippen molar-refractivity contribution in [3.8, 4) is 0 Å². The normalized spacial score (nSPS) is 17.4. The molecule has 0 aliphatic carbocycles. The third-order valence-electron chi connectivity index (χ3n) is 2.95. The molecule has 0 N–H and O–H groups in total. The minimum absolute atomic E-state index is 0.704. The molecule has 108 valence electrons. The third kappa shape index (κ3) is 9.74. The standard InChI is InChI=1S/C14H22N2S.C2H6/c1-13(15-2)6-4-5-11-17-12-14-7-9-16(3)10-8-14;1-2/h4-6,11,14H,1-2,7-10,12H2,3H3;1-2H3/b6-4-,11-5-;. The van der Waals surface area contributed by atoms with Crippen LogP contribution in [0.5, 0.6) is 0 Å². The number of aliphatic imine (C=N–C) groups is 1. The molecular formula is C16H28N2S. The summed E-state index contributed by atoms with van der Waals surface area (Å²) < 4.78 is 0. The number of hydrogen-bond donors (Lipinski definition) is 0. The van der Waals surface area contributed by atoms with Gasteiger partial charge in [-0.1, -0.05) is 32.6 Å². The highest BCUT2D eigenvalue weighted by molar-refractivity contribution is 8.02. The van der Waals surface area contributed by atoms with Gasteiger partial charge in [-0.2, -0.15) is 0 Å². The summed E-state index contributed by atoms with van der Waals surface area (Å²) in [6.45, 7) is 13.6. The Morgan fingerprint density at radius 1 is 1.32 bits per heavy atom. The lowest BCUT2D eigenvalue weighted by Crippen LogP contribution is -2.30. The Labute approximate surface area is 123 Å². The molecule has 0 aromatic carbocycles. The van der Waals surface area contributed by atoms with Crippen molar-refractivity contribution in [2.45, 2.75) is 26.7 Å². The molecule has 2 nitrogen and oxygen atoms in total. The summed E-state index contributed by atoms with van der Waals surface area (Å²) in [6.07, 6.45) is 8.53. The third-order valence-corrected chi connectivity index (χ3v) is 3.96. The molecule has 0 aromatic rings. The van der Waals surface area contributed by atoms with E-state index in [0.717, 1.165) is 5.92 Å². The second kappa shape index (κ2) is 12.2. The van der Waals surface area contributed by atoms with Crippen LogP contribution in [0.1, 0.15) is 26.7 Å². The number of likely N-dealkylation sites (tertiary alicyclic amines) is 1. The van der Waals surface area contributed by atoms with Gasteiger partial charge >= 0.3 is 0 Å².